The summed E-state index contributed by atoms with van der Waals surface area (Å²) in [5.74, 6) is 0.601. The van der Waals surface area contributed by atoms with Crippen LogP contribution in [0.4, 0.5) is 0 Å². The molecule has 646 valence electrons. The van der Waals surface area contributed by atoms with Crippen LogP contribution < -0.4 is 0 Å². The zero-order chi connectivity index (χ0) is 83.7. The molecule has 0 aromatic heterocycles. The zero-order valence-corrected chi connectivity index (χ0v) is 88.8. The van der Waals surface area contributed by atoms with Crippen LogP contribution in [0.3, 0.4) is 0 Å². The first-order chi connectivity index (χ1) is 49.1. The van der Waals surface area contributed by atoms with Crippen LogP contribution in [0.2, 0.25) is 216 Å². The molecule has 1 N–H and O–H groups in total. The van der Waals surface area contributed by atoms with Crippen LogP contribution in [0, 0.1) is 45.3 Å². The Morgan fingerprint density at radius 1 is 0.391 bits per heavy atom. The lowest BCUT2D eigenvalue weighted by Gasteiger charge is -2.73. The monoisotopic (exact) mass is 1740 g/mol. The van der Waals surface area contributed by atoms with Crippen molar-refractivity contribution in [3.63, 3.8) is 0 Å². The fourth-order valence-electron chi connectivity index (χ4n) is 21.0. The summed E-state index contributed by atoms with van der Waals surface area (Å²) in [5.41, 5.74) is -2.61. The molecule has 0 aromatic rings. The number of fused-ring (bicyclic) bond motifs is 5. The van der Waals surface area contributed by atoms with Crippen LogP contribution in [0.1, 0.15) is 107 Å². The normalized spacial score (nSPS) is 40.4. The Bertz CT molecular complexity index is 3010. The lowest BCUT2D eigenvalue weighted by Crippen LogP contribution is -2.72. The number of rotatable bonds is 32. The molecule has 4 saturated carbocycles. The molecule has 110 heavy (non-hydrogen) atoms. The Hall–Kier alpha value is 1.63. The van der Waals surface area contributed by atoms with Crippen molar-refractivity contribution in [2.24, 2.45) is 45.3 Å². The van der Waals surface area contributed by atoms with E-state index in [1.807, 2.05) is 13.8 Å². The van der Waals surface area contributed by atoms with E-state index in [2.05, 4.69) is 258 Å². The molecule has 26 atom stereocenters. The molecule has 0 bridgehead atoms. The fourth-order valence-corrected chi connectivity index (χ4v) is 32.8. The van der Waals surface area contributed by atoms with Crippen LogP contribution >= 0.6 is 0 Å². The Morgan fingerprint density at radius 3 is 1.28 bits per heavy atom. The van der Waals surface area contributed by atoms with Crippen molar-refractivity contribution in [2.45, 2.75) is 444 Å². The summed E-state index contributed by atoms with van der Waals surface area (Å²) in [6, 6.07) is 0. The van der Waals surface area contributed by atoms with Gasteiger partial charge in [0.15, 0.2) is 110 Å². The van der Waals surface area contributed by atoms with Crippen molar-refractivity contribution in [1.29, 1.82) is 0 Å². The second-order valence-corrected chi connectivity index (χ2v) is 97.0. The van der Waals surface area contributed by atoms with Gasteiger partial charge in [0, 0.05) is 6.10 Å². The van der Waals surface area contributed by atoms with Gasteiger partial charge in [0.1, 0.15) is 61.0 Å². The van der Waals surface area contributed by atoms with E-state index in [0.717, 1.165) is 51.4 Å². The third-order valence-electron chi connectivity index (χ3n) is 24.3. The molecule has 2 unspecified atom stereocenters. The highest BCUT2D eigenvalue weighted by atomic mass is 28.4. The second-order valence-electron chi connectivity index (χ2n) is 47.9. The fraction of sp³-hybridized carbons (Fsp3) is 1.00. The van der Waals surface area contributed by atoms with Gasteiger partial charge in [-0.25, -0.2) is 0 Å². The van der Waals surface area contributed by atoms with Gasteiger partial charge in [-0.2, -0.15) is 0 Å². The number of ether oxygens (including phenoxy) is 7. The maximum absolute atomic E-state index is 11.6. The highest BCUT2D eigenvalue weighted by Gasteiger charge is 2.75. The first-order valence-corrected chi connectivity index (χ1v) is 80.3. The minimum Gasteiger partial charge on any atom is -0.415 e. The SMILES string of the molecule is CC(C)(O)[C@@H]1CC[C@@](C)([C@H]2CC[C@]3(C)C2[C@H](O[Si](C)(C)C)C[C@@H]2[C@@]4(C)CC[C@H](O[Si](C)(C)C)C(C)(C)C4[C@@H](O[C@@H]4O[C@H](CO[C@H]5O[C@H](CO[Si](C)(C)C)[C@@H](O[Si](C)(C)C)[C@H](O[Si](C)(C)C)[C@H]5O[Si](C)(C)C)[C@@H](O[Si](C)(C)C)[C@H](O[Si](C)(C)C)[C@H]4O[C@@H]4OC[C@@H](O[Si](C)(C)C)[C@H](O[Si](C)(C)C)[C@H]4O[Si](C)(C)C)C[C@]23C)O1. The minimum atomic E-state index is -2.64. The third kappa shape index (κ3) is 24.7. The van der Waals surface area contributed by atoms with Crippen molar-refractivity contribution >= 4 is 91.5 Å². The lowest BCUT2D eigenvalue weighted by atomic mass is 9.34. The number of hydrogen-bond acceptors (Lipinski definition) is 19. The summed E-state index contributed by atoms with van der Waals surface area (Å²) in [5, 5.41) is 11.6. The predicted octanol–water partition coefficient (Wildman–Crippen LogP) is 19.2. The zero-order valence-electron chi connectivity index (χ0n) is 77.8. The summed E-state index contributed by atoms with van der Waals surface area (Å²) in [4.78, 5) is 0. The summed E-state index contributed by atoms with van der Waals surface area (Å²) >= 11 is 0. The quantitative estimate of drug-likeness (QED) is 0.0494. The molecule has 4 saturated heterocycles. The molecule has 8 fully saturated rings. The van der Waals surface area contributed by atoms with E-state index in [1.54, 1.807) is 0 Å². The summed E-state index contributed by atoms with van der Waals surface area (Å²) in [6.45, 7) is 94.4. The van der Waals surface area contributed by atoms with E-state index in [1.165, 1.54) is 0 Å². The second kappa shape index (κ2) is 33.7. The highest BCUT2D eigenvalue weighted by molar-refractivity contribution is 6.73. The standard InChI is InChI=1S/C80H168O19Si11/c1-75(2)60(92-103(18,19)20)43-45-77(5)59-48-54(90-101(12,13)14)62-53(80(8)47-44-61(89-80)76(3,4)81)42-46-78(62,6)79(59,7)49-55(71(75)77)85-74-68(88-73-69(98-109(36,37)38)65(95-106(27,28)29)58(51-83-73)91-102(15,16)17)66(96-107(30,31)32)63(93-104(21,22)23)56(87-74)50-82-72-70(99-110(39,40)41)67(97-108(33,34)35)64(94-105(24,25)26)57(86-72)52-84-100(9,10)11/h53-74,81H,42-52H2,1-41H3/t53-,54+,55-,56+,57+,58+,59+,60-,61-,62?,63+,64+,65-,66-,67-,68+,69+,70+,71?,72-,73-,74+,77+,78+,79+,80-/m0/s1. The van der Waals surface area contributed by atoms with Gasteiger partial charge in [0.25, 0.3) is 0 Å². The average molecular weight is 1740 g/mol. The van der Waals surface area contributed by atoms with Crippen molar-refractivity contribution in [1.82, 2.24) is 0 Å². The smallest absolute Gasteiger partial charge is 0.187 e. The molecule has 0 radical (unpaired) electrons. The maximum Gasteiger partial charge on any atom is 0.187 e. The van der Waals surface area contributed by atoms with Gasteiger partial charge in [0.2, 0.25) is 0 Å². The van der Waals surface area contributed by atoms with Crippen LogP contribution in [0.15, 0.2) is 0 Å². The summed E-state index contributed by atoms with van der Waals surface area (Å²) in [7, 11) is -25.6. The van der Waals surface area contributed by atoms with Crippen LogP contribution in [0.5, 0.6) is 0 Å². The molecule has 4 heterocycles. The highest BCUT2D eigenvalue weighted by Crippen LogP contribution is 2.77. The number of aliphatic hydroxyl groups is 1. The summed E-state index contributed by atoms with van der Waals surface area (Å²) in [6.07, 6.45) is -3.47. The van der Waals surface area contributed by atoms with Crippen LogP contribution in [0.25, 0.3) is 0 Å². The van der Waals surface area contributed by atoms with Gasteiger partial charge in [-0.15, -0.1) is 0 Å². The van der Waals surface area contributed by atoms with E-state index in [9.17, 15) is 5.11 Å². The van der Waals surface area contributed by atoms with Gasteiger partial charge < -0.3 is 87.0 Å². The molecule has 19 nitrogen and oxygen atoms in total. The molecular weight excluding hydrogens is 1570 g/mol. The first kappa shape index (κ1) is 97.1. The predicted molar refractivity (Wildman–Crippen MR) is 473 cm³/mol. The van der Waals surface area contributed by atoms with Crippen molar-refractivity contribution in [3.8, 4) is 0 Å². The van der Waals surface area contributed by atoms with Gasteiger partial charge in [-0.05, 0) is 334 Å². The Balaban J connectivity index is 1.39. The Morgan fingerprint density at radius 2 is 0.818 bits per heavy atom. The largest absolute Gasteiger partial charge is 0.415 e. The van der Waals surface area contributed by atoms with Crippen molar-refractivity contribution < 1.29 is 87.0 Å². The summed E-state index contributed by atoms with van der Waals surface area (Å²) < 4.78 is 137. The van der Waals surface area contributed by atoms with E-state index < -0.39 is 200 Å². The molecule has 4 aliphatic heterocycles. The van der Waals surface area contributed by atoms with E-state index in [0.29, 0.717) is 6.61 Å². The van der Waals surface area contributed by atoms with Crippen molar-refractivity contribution in [3.05, 3.63) is 0 Å². The molecular formula is C80H168O19Si11. The molecule has 8 rings (SSSR count). The molecule has 4 aliphatic carbocycles. The van der Waals surface area contributed by atoms with Gasteiger partial charge in [0.05, 0.1) is 55.4 Å². The van der Waals surface area contributed by atoms with E-state index in [-0.39, 0.29) is 71.4 Å². The van der Waals surface area contributed by atoms with Gasteiger partial charge >= 0.3 is 0 Å². The van der Waals surface area contributed by atoms with Gasteiger partial charge in [-0.3, -0.25) is 0 Å². The topological polar surface area (TPSA) is 186 Å². The first-order valence-electron chi connectivity index (χ1n) is 42.8. The molecule has 0 aromatic carbocycles. The number of hydrogen-bond donors (Lipinski definition) is 1. The third-order valence-corrected chi connectivity index (χ3v) is 35.2. The molecule has 8 aliphatic rings. The van der Waals surface area contributed by atoms with E-state index >= 15 is 0 Å². The van der Waals surface area contributed by atoms with Crippen LogP contribution in [-0.2, 0) is 81.8 Å². The molecule has 0 amide bonds. The maximum atomic E-state index is 11.6. The lowest BCUT2D eigenvalue weighted by molar-refractivity contribution is -0.377. The Labute approximate surface area is 683 Å². The average Bonchev–Trinajstić information content (AvgIpc) is 1.25. The van der Waals surface area contributed by atoms with Gasteiger partial charge in [-0.1, -0.05) is 34.6 Å². The molecule has 0 spiro atoms. The van der Waals surface area contributed by atoms with E-state index in [4.69, 9.17) is 81.8 Å². The minimum absolute atomic E-state index is 0.0188. The van der Waals surface area contributed by atoms with Crippen LogP contribution in [-0.4, -0.2) is 238 Å². The Kier molecular flexibility index (Phi) is 29.7. The molecule has 30 heteroatoms. The van der Waals surface area contributed by atoms with Crippen molar-refractivity contribution in [2.75, 3.05) is 19.8 Å².